The predicted octanol–water partition coefficient (Wildman–Crippen LogP) is -1.30. The topological polar surface area (TPSA) is 95.1 Å². The Labute approximate surface area is 144 Å². The van der Waals surface area contributed by atoms with Crippen LogP contribution in [0.3, 0.4) is 0 Å². The van der Waals surface area contributed by atoms with E-state index in [4.69, 9.17) is 0 Å². The van der Waals surface area contributed by atoms with Crippen LogP contribution in [0.4, 0.5) is 0 Å². The maximum atomic E-state index is 12.2. The van der Waals surface area contributed by atoms with E-state index >= 15 is 0 Å². The van der Waals surface area contributed by atoms with Crippen LogP contribution >= 0.6 is 0 Å². The fourth-order valence-corrected chi connectivity index (χ4v) is 2.82. The zero-order valence-corrected chi connectivity index (χ0v) is 14.3. The van der Waals surface area contributed by atoms with Gasteiger partial charge in [0.1, 0.15) is 5.56 Å². The predicted molar refractivity (Wildman–Crippen MR) is 94.8 cm³/mol. The number of hydrogen-bond donors (Lipinski definition) is 3. The fourth-order valence-electron chi connectivity index (χ4n) is 2.82. The number of hydrazone groups is 1. The summed E-state index contributed by atoms with van der Waals surface area (Å²) >= 11 is 0. The maximum absolute atomic E-state index is 12.2. The molecule has 8 nitrogen and oxygen atoms in total. The number of nitrogens with one attached hydrogen (secondary N) is 2. The highest BCUT2D eigenvalue weighted by atomic mass is 16.3. The molecule has 0 radical (unpaired) electrons. The summed E-state index contributed by atoms with van der Waals surface area (Å²) in [6.45, 7) is 5.30. The van der Waals surface area contributed by atoms with E-state index in [-0.39, 0.29) is 5.56 Å². The van der Waals surface area contributed by atoms with Crippen LogP contribution in [0.15, 0.2) is 39.0 Å². The van der Waals surface area contributed by atoms with Gasteiger partial charge in [0.05, 0.1) is 45.1 Å². The van der Waals surface area contributed by atoms with Crippen LogP contribution in [0.2, 0.25) is 0 Å². The van der Waals surface area contributed by atoms with E-state index in [9.17, 15) is 14.7 Å². The summed E-state index contributed by atoms with van der Waals surface area (Å²) in [4.78, 5) is 28.0. The lowest BCUT2D eigenvalue weighted by Gasteiger charge is -2.27. The Kier molecular flexibility index (Phi) is 4.71. The molecule has 1 aliphatic rings. The standard InChI is InChI=1S/C17H21N5O3/c1-12-5-3-4-6-14(12)22-16(24)13(15(23)19-17(22)25)11-18-21-9-7-20(2)8-10-21/h3-6,11,24H,7-10H2,1-2H3,(H,19,23,25)/p+1/b18-11+. The number of aryl methyl sites for hydroxylation is 1. The van der Waals surface area contributed by atoms with E-state index in [1.54, 1.807) is 12.1 Å². The third-order valence-corrected chi connectivity index (χ3v) is 4.42. The average Bonchev–Trinajstić information content (AvgIpc) is 2.57. The second-order valence-corrected chi connectivity index (χ2v) is 6.27. The number of para-hydroxylation sites is 1. The molecular formula is C17H22N5O3+. The van der Waals surface area contributed by atoms with Crippen LogP contribution in [0.1, 0.15) is 11.1 Å². The number of aromatic hydroxyl groups is 1. The van der Waals surface area contributed by atoms with Crippen LogP contribution in [0.5, 0.6) is 5.88 Å². The number of hydrogen-bond acceptors (Lipinski definition) is 5. The second kappa shape index (κ2) is 6.94. The molecule has 0 spiro atoms. The van der Waals surface area contributed by atoms with Gasteiger partial charge in [-0.1, -0.05) is 18.2 Å². The number of H-pyrrole nitrogens is 1. The first-order valence-electron chi connectivity index (χ1n) is 8.22. The summed E-state index contributed by atoms with van der Waals surface area (Å²) in [6.07, 6.45) is 1.32. The van der Waals surface area contributed by atoms with E-state index in [1.807, 2.05) is 24.1 Å². The van der Waals surface area contributed by atoms with Crippen LogP contribution in [0, 0.1) is 6.92 Å². The summed E-state index contributed by atoms with van der Waals surface area (Å²) in [5, 5.41) is 16.7. The molecule has 3 N–H and O–H groups in total. The van der Waals surface area contributed by atoms with Gasteiger partial charge >= 0.3 is 5.69 Å². The second-order valence-electron chi connectivity index (χ2n) is 6.27. The van der Waals surface area contributed by atoms with E-state index in [2.05, 4.69) is 17.1 Å². The third-order valence-electron chi connectivity index (χ3n) is 4.42. The van der Waals surface area contributed by atoms with E-state index in [0.717, 1.165) is 36.3 Å². The SMILES string of the molecule is Cc1ccccc1-n1c(O)c(/C=N/N2CC[NH+](C)CC2)c(=O)[nH]c1=O. The summed E-state index contributed by atoms with van der Waals surface area (Å²) < 4.78 is 1.09. The minimum atomic E-state index is -0.683. The van der Waals surface area contributed by atoms with Crippen molar-refractivity contribution in [2.75, 3.05) is 33.2 Å². The van der Waals surface area contributed by atoms with Crippen LogP contribution < -0.4 is 16.1 Å². The number of rotatable bonds is 3. The molecule has 1 fully saturated rings. The van der Waals surface area contributed by atoms with Crippen molar-refractivity contribution in [1.82, 2.24) is 14.6 Å². The molecular weight excluding hydrogens is 322 g/mol. The van der Waals surface area contributed by atoms with Gasteiger partial charge in [0.15, 0.2) is 0 Å². The molecule has 1 saturated heterocycles. The summed E-state index contributed by atoms with van der Waals surface area (Å²) in [6, 6.07) is 7.13. The Morgan fingerprint density at radius 1 is 1.24 bits per heavy atom. The largest absolute Gasteiger partial charge is 0.493 e. The molecule has 132 valence electrons. The lowest BCUT2D eigenvalue weighted by molar-refractivity contribution is -0.884. The van der Waals surface area contributed by atoms with Crippen molar-refractivity contribution in [2.45, 2.75) is 6.92 Å². The molecule has 0 unspecified atom stereocenters. The molecule has 1 aromatic heterocycles. The number of quaternary nitrogens is 1. The smallest absolute Gasteiger partial charge is 0.335 e. The van der Waals surface area contributed by atoms with Crippen LogP contribution in [-0.4, -0.2) is 59.1 Å². The van der Waals surface area contributed by atoms with Crippen molar-refractivity contribution in [2.24, 2.45) is 5.10 Å². The number of aromatic amines is 1. The Bertz CT molecular complexity index is 907. The fraction of sp³-hybridized carbons (Fsp3) is 0.353. The first kappa shape index (κ1) is 17.0. The van der Waals surface area contributed by atoms with Crippen LogP contribution in [0.25, 0.3) is 5.69 Å². The lowest BCUT2D eigenvalue weighted by atomic mass is 10.2. The van der Waals surface area contributed by atoms with Crippen molar-refractivity contribution in [3.8, 4) is 11.6 Å². The molecule has 0 atom stereocenters. The molecule has 8 heteroatoms. The highest BCUT2D eigenvalue weighted by Gasteiger charge is 2.17. The van der Waals surface area contributed by atoms with E-state index in [0.29, 0.717) is 5.69 Å². The van der Waals surface area contributed by atoms with Crippen molar-refractivity contribution < 1.29 is 10.0 Å². The summed E-state index contributed by atoms with van der Waals surface area (Å²) in [7, 11) is 2.12. The number of piperazine rings is 1. The molecule has 2 aromatic rings. The van der Waals surface area contributed by atoms with Gasteiger partial charge in [-0.05, 0) is 18.6 Å². The number of likely N-dealkylation sites (N-methyl/N-ethyl adjacent to an activating group) is 1. The monoisotopic (exact) mass is 344 g/mol. The lowest BCUT2D eigenvalue weighted by Crippen LogP contribution is -3.11. The van der Waals surface area contributed by atoms with Gasteiger partial charge in [0, 0.05) is 0 Å². The first-order chi connectivity index (χ1) is 12.0. The number of benzene rings is 1. The Morgan fingerprint density at radius 2 is 1.92 bits per heavy atom. The van der Waals surface area contributed by atoms with Crippen molar-refractivity contribution in [1.29, 1.82) is 0 Å². The highest BCUT2D eigenvalue weighted by Crippen LogP contribution is 2.18. The zero-order valence-electron chi connectivity index (χ0n) is 14.3. The molecule has 0 amide bonds. The van der Waals surface area contributed by atoms with Gasteiger partial charge in [-0.25, -0.2) is 9.36 Å². The highest BCUT2D eigenvalue weighted by molar-refractivity contribution is 5.82. The van der Waals surface area contributed by atoms with E-state index in [1.165, 1.54) is 11.1 Å². The maximum Gasteiger partial charge on any atom is 0.335 e. The van der Waals surface area contributed by atoms with Gasteiger partial charge in [-0.3, -0.25) is 14.8 Å². The normalized spacial score (nSPS) is 15.8. The average molecular weight is 344 g/mol. The van der Waals surface area contributed by atoms with Gasteiger partial charge in [0.2, 0.25) is 5.88 Å². The third kappa shape index (κ3) is 3.48. The quantitative estimate of drug-likeness (QED) is 0.604. The number of aromatic nitrogens is 2. The Hall–Kier alpha value is -2.87. The minimum absolute atomic E-state index is 0.0332. The molecule has 3 rings (SSSR count). The molecule has 1 aliphatic heterocycles. The first-order valence-corrected chi connectivity index (χ1v) is 8.22. The Morgan fingerprint density at radius 3 is 2.60 bits per heavy atom. The van der Waals surface area contributed by atoms with Gasteiger partial charge < -0.3 is 10.0 Å². The van der Waals surface area contributed by atoms with Crippen LogP contribution in [-0.2, 0) is 0 Å². The zero-order chi connectivity index (χ0) is 18.0. The molecule has 0 saturated carbocycles. The Balaban J connectivity index is 2.01. The van der Waals surface area contributed by atoms with E-state index < -0.39 is 17.1 Å². The van der Waals surface area contributed by atoms with Gasteiger partial charge in [0.25, 0.3) is 5.56 Å². The molecule has 0 aliphatic carbocycles. The summed E-state index contributed by atoms with van der Waals surface area (Å²) in [5.41, 5.74) is -0.0573. The van der Waals surface area contributed by atoms with Crippen molar-refractivity contribution in [3.05, 3.63) is 56.2 Å². The molecule has 1 aromatic carbocycles. The summed E-state index contributed by atoms with van der Waals surface area (Å²) in [5.74, 6) is -0.411. The molecule has 2 heterocycles. The van der Waals surface area contributed by atoms with Crippen molar-refractivity contribution in [3.63, 3.8) is 0 Å². The van der Waals surface area contributed by atoms with Gasteiger partial charge in [-0.15, -0.1) is 0 Å². The molecule has 0 bridgehead atoms. The van der Waals surface area contributed by atoms with Crippen molar-refractivity contribution >= 4 is 6.21 Å². The van der Waals surface area contributed by atoms with Gasteiger partial charge in [-0.2, -0.15) is 5.10 Å². The molecule has 25 heavy (non-hydrogen) atoms. The number of nitrogens with zero attached hydrogens (tertiary/aromatic N) is 3. The minimum Gasteiger partial charge on any atom is -0.493 e.